The zero-order valence-corrected chi connectivity index (χ0v) is 16.3. The Balaban J connectivity index is 1.68. The fraction of sp³-hybridized carbons (Fsp3) is 0.389. The summed E-state index contributed by atoms with van der Waals surface area (Å²) in [5.41, 5.74) is 1.78. The summed E-state index contributed by atoms with van der Waals surface area (Å²) in [4.78, 5) is 8.78. The number of sulfonamides is 1. The molecule has 0 spiro atoms. The Morgan fingerprint density at radius 1 is 1.07 bits per heavy atom. The van der Waals surface area contributed by atoms with Crippen molar-refractivity contribution < 1.29 is 8.42 Å². The SMILES string of the molecule is CCCNc1ncnc2c1cnn2CCNS(=O)(=O)c1ccc(CC)cc1. The molecule has 1 aromatic carbocycles. The van der Waals surface area contributed by atoms with Gasteiger partial charge in [0.05, 0.1) is 23.0 Å². The van der Waals surface area contributed by atoms with Crippen molar-refractivity contribution in [2.75, 3.05) is 18.4 Å². The molecule has 9 heteroatoms. The van der Waals surface area contributed by atoms with Crippen molar-refractivity contribution >= 4 is 26.9 Å². The minimum Gasteiger partial charge on any atom is -0.369 e. The summed E-state index contributed by atoms with van der Waals surface area (Å²) >= 11 is 0. The molecule has 8 nitrogen and oxygen atoms in total. The van der Waals surface area contributed by atoms with Crippen molar-refractivity contribution in [3.8, 4) is 0 Å². The monoisotopic (exact) mass is 388 g/mol. The molecule has 2 heterocycles. The molecular formula is C18H24N6O2S. The predicted octanol–water partition coefficient (Wildman–Crippen LogP) is 2.19. The minimum atomic E-state index is -3.55. The van der Waals surface area contributed by atoms with Crippen LogP contribution in [0.4, 0.5) is 5.82 Å². The van der Waals surface area contributed by atoms with Crippen LogP contribution < -0.4 is 10.0 Å². The third-order valence-corrected chi connectivity index (χ3v) is 5.71. The van der Waals surface area contributed by atoms with Crippen molar-refractivity contribution in [3.63, 3.8) is 0 Å². The Hall–Kier alpha value is -2.52. The number of nitrogens with one attached hydrogen (secondary N) is 2. The summed E-state index contributed by atoms with van der Waals surface area (Å²) in [6.45, 7) is 5.52. The molecule has 0 saturated carbocycles. The van der Waals surface area contributed by atoms with Crippen LogP contribution in [-0.2, 0) is 23.0 Å². The maximum Gasteiger partial charge on any atom is 0.240 e. The number of rotatable bonds is 9. The first-order valence-electron chi connectivity index (χ1n) is 9.04. The second kappa shape index (κ2) is 8.45. The maximum absolute atomic E-state index is 12.4. The van der Waals surface area contributed by atoms with Crippen molar-refractivity contribution in [1.82, 2.24) is 24.5 Å². The number of anilines is 1. The van der Waals surface area contributed by atoms with Gasteiger partial charge in [0.2, 0.25) is 10.0 Å². The van der Waals surface area contributed by atoms with Gasteiger partial charge in [0.25, 0.3) is 0 Å². The Morgan fingerprint density at radius 3 is 2.56 bits per heavy atom. The van der Waals surface area contributed by atoms with E-state index in [1.807, 2.05) is 19.1 Å². The molecule has 144 valence electrons. The van der Waals surface area contributed by atoms with Gasteiger partial charge in [-0.2, -0.15) is 5.10 Å². The van der Waals surface area contributed by atoms with Crippen LogP contribution in [0.3, 0.4) is 0 Å². The Kier molecular flexibility index (Phi) is 6.02. The van der Waals surface area contributed by atoms with Crippen LogP contribution in [0.2, 0.25) is 0 Å². The van der Waals surface area contributed by atoms with E-state index in [4.69, 9.17) is 0 Å². The normalized spacial score (nSPS) is 11.8. The third-order valence-electron chi connectivity index (χ3n) is 4.23. The number of benzene rings is 1. The summed E-state index contributed by atoms with van der Waals surface area (Å²) in [5, 5.41) is 8.39. The van der Waals surface area contributed by atoms with Crippen LogP contribution in [0.15, 0.2) is 41.7 Å². The van der Waals surface area contributed by atoms with E-state index in [-0.39, 0.29) is 11.4 Å². The summed E-state index contributed by atoms with van der Waals surface area (Å²) in [5.74, 6) is 0.740. The van der Waals surface area contributed by atoms with Gasteiger partial charge in [-0.05, 0) is 30.5 Å². The lowest BCUT2D eigenvalue weighted by Crippen LogP contribution is -2.27. The second-order valence-electron chi connectivity index (χ2n) is 6.15. The Labute approximate surface area is 159 Å². The zero-order chi connectivity index (χ0) is 19.3. The average Bonchev–Trinajstić information content (AvgIpc) is 3.10. The van der Waals surface area contributed by atoms with Crippen LogP contribution in [0.1, 0.15) is 25.8 Å². The molecule has 0 aliphatic heterocycles. The van der Waals surface area contributed by atoms with Gasteiger partial charge in [-0.25, -0.2) is 27.8 Å². The van der Waals surface area contributed by atoms with Crippen LogP contribution in [0, 0.1) is 0 Å². The molecule has 3 rings (SSSR count). The molecule has 27 heavy (non-hydrogen) atoms. The van der Waals surface area contributed by atoms with Gasteiger partial charge in [-0.15, -0.1) is 0 Å². The number of aryl methyl sites for hydroxylation is 1. The third kappa shape index (κ3) is 4.42. The summed E-state index contributed by atoms with van der Waals surface area (Å²) in [6, 6.07) is 6.92. The van der Waals surface area contributed by atoms with Crippen molar-refractivity contribution in [3.05, 3.63) is 42.4 Å². The molecule has 0 amide bonds. The molecule has 0 unspecified atom stereocenters. The number of hydrogen-bond acceptors (Lipinski definition) is 6. The molecule has 0 aliphatic carbocycles. The summed E-state index contributed by atoms with van der Waals surface area (Å²) < 4.78 is 29.1. The molecule has 3 aromatic rings. The lowest BCUT2D eigenvalue weighted by Gasteiger charge is -2.08. The van der Waals surface area contributed by atoms with Crippen LogP contribution in [-0.4, -0.2) is 41.3 Å². The number of nitrogens with zero attached hydrogens (tertiary/aromatic N) is 4. The minimum absolute atomic E-state index is 0.219. The van der Waals surface area contributed by atoms with Gasteiger partial charge in [0.15, 0.2) is 5.65 Å². The van der Waals surface area contributed by atoms with Crippen molar-refractivity contribution in [1.29, 1.82) is 0 Å². The maximum atomic E-state index is 12.4. The van der Waals surface area contributed by atoms with Crippen LogP contribution >= 0.6 is 0 Å². The van der Waals surface area contributed by atoms with E-state index in [2.05, 4.69) is 32.0 Å². The first kappa shape index (κ1) is 19.2. The van der Waals surface area contributed by atoms with E-state index in [0.29, 0.717) is 12.2 Å². The standard InChI is InChI=1S/C18H24N6O2S/c1-3-9-19-17-16-12-22-24(18(16)21-13-20-17)11-10-23-27(25,26)15-7-5-14(4-2)6-8-15/h5-8,12-13,23H,3-4,9-11H2,1-2H3,(H,19,20,21). The Morgan fingerprint density at radius 2 is 1.85 bits per heavy atom. The highest BCUT2D eigenvalue weighted by atomic mass is 32.2. The molecule has 0 radical (unpaired) electrons. The molecule has 0 saturated heterocycles. The fourth-order valence-corrected chi connectivity index (χ4v) is 3.74. The lowest BCUT2D eigenvalue weighted by molar-refractivity contribution is 0.564. The van der Waals surface area contributed by atoms with Gasteiger partial charge in [0, 0.05) is 13.1 Å². The van der Waals surface area contributed by atoms with E-state index in [9.17, 15) is 8.42 Å². The van der Waals surface area contributed by atoms with Gasteiger partial charge >= 0.3 is 0 Å². The van der Waals surface area contributed by atoms with E-state index in [1.165, 1.54) is 6.33 Å². The highest BCUT2D eigenvalue weighted by Gasteiger charge is 2.14. The molecule has 2 N–H and O–H groups in total. The highest BCUT2D eigenvalue weighted by Crippen LogP contribution is 2.18. The predicted molar refractivity (Wildman–Crippen MR) is 105 cm³/mol. The van der Waals surface area contributed by atoms with Gasteiger partial charge in [-0.1, -0.05) is 26.0 Å². The Bertz CT molecular complexity index is 998. The first-order valence-corrected chi connectivity index (χ1v) is 10.5. The average molecular weight is 388 g/mol. The van der Waals surface area contributed by atoms with E-state index in [1.54, 1.807) is 23.0 Å². The van der Waals surface area contributed by atoms with Crippen LogP contribution in [0.5, 0.6) is 0 Å². The molecule has 0 bridgehead atoms. The number of fused-ring (bicyclic) bond motifs is 1. The fourth-order valence-electron chi connectivity index (χ4n) is 2.71. The van der Waals surface area contributed by atoms with E-state index >= 15 is 0 Å². The second-order valence-corrected chi connectivity index (χ2v) is 7.92. The zero-order valence-electron chi connectivity index (χ0n) is 15.5. The quantitative estimate of drug-likeness (QED) is 0.583. The van der Waals surface area contributed by atoms with Gasteiger partial charge in [-0.3, -0.25) is 0 Å². The topological polar surface area (TPSA) is 102 Å². The van der Waals surface area contributed by atoms with Gasteiger partial charge in [0.1, 0.15) is 12.1 Å². The number of hydrogen-bond donors (Lipinski definition) is 2. The summed E-state index contributed by atoms with van der Waals surface area (Å²) in [7, 11) is -3.55. The molecule has 0 atom stereocenters. The molecule has 0 fully saturated rings. The lowest BCUT2D eigenvalue weighted by atomic mass is 10.2. The molecular weight excluding hydrogens is 364 g/mol. The van der Waals surface area contributed by atoms with Crippen LogP contribution in [0.25, 0.3) is 11.0 Å². The van der Waals surface area contributed by atoms with Crippen molar-refractivity contribution in [2.24, 2.45) is 0 Å². The van der Waals surface area contributed by atoms with Crippen molar-refractivity contribution in [2.45, 2.75) is 38.1 Å². The molecule has 2 aromatic heterocycles. The largest absolute Gasteiger partial charge is 0.369 e. The smallest absolute Gasteiger partial charge is 0.240 e. The number of aromatic nitrogens is 4. The van der Waals surface area contributed by atoms with E-state index in [0.717, 1.165) is 36.2 Å². The summed E-state index contributed by atoms with van der Waals surface area (Å²) in [6.07, 6.45) is 5.04. The highest BCUT2D eigenvalue weighted by molar-refractivity contribution is 7.89. The van der Waals surface area contributed by atoms with Gasteiger partial charge < -0.3 is 5.32 Å². The molecule has 0 aliphatic rings. The first-order chi connectivity index (χ1) is 13.0. The van der Waals surface area contributed by atoms with E-state index < -0.39 is 10.0 Å².